The first-order valence-electron chi connectivity index (χ1n) is 29.6. The molecule has 9 nitrogen and oxygen atoms in total. The minimum Gasteiger partial charge on any atom is -0.394 e. The van der Waals surface area contributed by atoms with Crippen LogP contribution in [0.1, 0.15) is 232 Å². The van der Waals surface area contributed by atoms with E-state index in [1.165, 1.54) is 122 Å². The third-order valence-electron chi connectivity index (χ3n) is 13.3. The monoisotopic (exact) mass is 1020 g/mol. The number of aliphatic hydroxyl groups excluding tert-OH is 5. The fourth-order valence-corrected chi connectivity index (χ4v) is 8.66. The SMILES string of the molecule is CC/C=C\C/C=C\C/C=C\C/C=C\C/C=C\C/C=C\CCCCCCCCCCCCCCC(=O)NC(COC1OC(CO)C(O)C(O)C1O)C(O)/C=C/CC/C=C/CC/C=C/CCCCCCCCCCC. The number of allylic oxidation sites excluding steroid dienone is 17. The summed E-state index contributed by atoms with van der Waals surface area (Å²) in [7, 11) is 0. The number of carbonyl (C=O) groups excluding carboxylic acids is 1. The van der Waals surface area contributed by atoms with Crippen molar-refractivity contribution in [2.24, 2.45) is 0 Å². The minimum absolute atomic E-state index is 0.197. The number of aliphatic hydroxyl groups is 5. The summed E-state index contributed by atoms with van der Waals surface area (Å²) in [6, 6.07) is -0.837. The molecule has 0 spiro atoms. The molecule has 0 aromatic carbocycles. The number of hydrogen-bond donors (Lipinski definition) is 6. The van der Waals surface area contributed by atoms with Gasteiger partial charge in [0.15, 0.2) is 6.29 Å². The average molecular weight is 1020 g/mol. The largest absolute Gasteiger partial charge is 0.394 e. The lowest BCUT2D eigenvalue weighted by atomic mass is 9.99. The van der Waals surface area contributed by atoms with Crippen molar-refractivity contribution in [1.29, 1.82) is 0 Å². The zero-order chi connectivity index (χ0) is 52.9. The summed E-state index contributed by atoms with van der Waals surface area (Å²) < 4.78 is 11.3. The molecular formula is C64H109NO8. The molecule has 1 amide bonds. The maximum atomic E-state index is 13.1. The van der Waals surface area contributed by atoms with Gasteiger partial charge in [-0.2, -0.15) is 0 Å². The molecular weight excluding hydrogens is 911 g/mol. The van der Waals surface area contributed by atoms with E-state index >= 15 is 0 Å². The van der Waals surface area contributed by atoms with E-state index < -0.39 is 49.5 Å². The van der Waals surface area contributed by atoms with Gasteiger partial charge in [0.25, 0.3) is 0 Å². The number of amides is 1. The van der Waals surface area contributed by atoms with E-state index in [0.29, 0.717) is 6.42 Å². The van der Waals surface area contributed by atoms with Gasteiger partial charge in [0, 0.05) is 6.42 Å². The lowest BCUT2D eigenvalue weighted by Crippen LogP contribution is -2.60. The number of hydrogen-bond acceptors (Lipinski definition) is 8. The van der Waals surface area contributed by atoms with E-state index in [9.17, 15) is 30.3 Å². The fraction of sp³-hybridized carbons (Fsp3) is 0.703. The standard InChI is InChI=1S/C64H109NO8/c1-3-5-7-9-11-13-15-17-19-21-23-24-25-26-27-28-29-30-31-32-33-34-36-38-40-42-44-46-48-50-52-54-60(68)65-57(56-72-64-63(71)62(70)61(69)59(55-66)73-64)58(67)53-51-49-47-45-43-41-39-37-35-22-20-18-16-14-12-10-8-6-4-2/h5,7,11,13,17,19,23-24,26-27,29-30,35,37,43,45,51,53,57-59,61-64,66-67,69-71H,3-4,6,8-10,12,14-16,18,20-22,25,28,31-34,36,38-42,44,46-50,52,54-56H2,1-2H3,(H,65,68)/b7-5-,13-11-,19-17-,24-23-,27-26-,30-29-,37-35+,45-43+,53-51+. The van der Waals surface area contributed by atoms with Crippen molar-refractivity contribution in [3.05, 3.63) is 109 Å². The van der Waals surface area contributed by atoms with Crippen molar-refractivity contribution in [3.8, 4) is 0 Å². The maximum Gasteiger partial charge on any atom is 0.220 e. The summed E-state index contributed by atoms with van der Waals surface area (Å²) >= 11 is 0. The van der Waals surface area contributed by atoms with E-state index in [2.05, 4.69) is 116 Å². The Morgan fingerprint density at radius 3 is 1.32 bits per heavy atom. The van der Waals surface area contributed by atoms with Gasteiger partial charge in [-0.3, -0.25) is 4.79 Å². The molecule has 418 valence electrons. The van der Waals surface area contributed by atoms with Crippen molar-refractivity contribution < 1.29 is 39.8 Å². The van der Waals surface area contributed by atoms with Gasteiger partial charge in [-0.05, 0) is 96.3 Å². The Bertz CT molecular complexity index is 1510. The second kappa shape index (κ2) is 52.3. The fourth-order valence-electron chi connectivity index (χ4n) is 8.66. The molecule has 1 aliphatic rings. The topological polar surface area (TPSA) is 149 Å². The van der Waals surface area contributed by atoms with E-state index in [4.69, 9.17) is 9.47 Å². The van der Waals surface area contributed by atoms with E-state index in [1.54, 1.807) is 6.08 Å². The van der Waals surface area contributed by atoms with Crippen molar-refractivity contribution in [1.82, 2.24) is 5.32 Å². The van der Waals surface area contributed by atoms with Gasteiger partial charge in [-0.25, -0.2) is 0 Å². The molecule has 1 aliphatic heterocycles. The van der Waals surface area contributed by atoms with Crippen LogP contribution in [-0.4, -0.2) is 87.5 Å². The Labute approximate surface area is 446 Å². The maximum absolute atomic E-state index is 13.1. The number of unbranched alkanes of at least 4 members (excludes halogenated alkanes) is 23. The highest BCUT2D eigenvalue weighted by molar-refractivity contribution is 5.76. The number of ether oxygens (including phenoxy) is 2. The summed E-state index contributed by atoms with van der Waals surface area (Å²) in [5.74, 6) is -0.197. The van der Waals surface area contributed by atoms with Gasteiger partial charge in [0.1, 0.15) is 24.4 Å². The molecule has 0 radical (unpaired) electrons. The minimum atomic E-state index is -1.58. The molecule has 1 saturated heterocycles. The van der Waals surface area contributed by atoms with Gasteiger partial charge < -0.3 is 40.3 Å². The van der Waals surface area contributed by atoms with Crippen LogP contribution in [0.5, 0.6) is 0 Å². The zero-order valence-corrected chi connectivity index (χ0v) is 46.4. The van der Waals surface area contributed by atoms with Crippen molar-refractivity contribution in [3.63, 3.8) is 0 Å². The highest BCUT2D eigenvalue weighted by Gasteiger charge is 2.44. The molecule has 0 bridgehead atoms. The summed E-state index contributed by atoms with van der Waals surface area (Å²) in [5.41, 5.74) is 0. The summed E-state index contributed by atoms with van der Waals surface area (Å²) in [6.07, 6.45) is 70.1. The molecule has 0 aromatic rings. The van der Waals surface area contributed by atoms with Gasteiger partial charge in [-0.1, -0.05) is 239 Å². The number of nitrogens with one attached hydrogen (secondary N) is 1. The zero-order valence-electron chi connectivity index (χ0n) is 46.4. The highest BCUT2D eigenvalue weighted by atomic mass is 16.7. The Kier molecular flexibility index (Phi) is 48.6. The summed E-state index contributed by atoms with van der Waals surface area (Å²) in [5, 5.41) is 54.5. The molecule has 0 aliphatic carbocycles. The lowest BCUT2D eigenvalue weighted by molar-refractivity contribution is -0.302. The number of rotatable bonds is 49. The normalized spacial score (nSPS) is 19.9. The van der Waals surface area contributed by atoms with Gasteiger partial charge >= 0.3 is 0 Å². The van der Waals surface area contributed by atoms with E-state index in [1.807, 2.05) is 6.08 Å². The van der Waals surface area contributed by atoms with Crippen LogP contribution in [0.15, 0.2) is 109 Å². The Balaban J connectivity index is 2.23. The van der Waals surface area contributed by atoms with Crippen LogP contribution in [0.3, 0.4) is 0 Å². The molecule has 73 heavy (non-hydrogen) atoms. The number of carbonyl (C=O) groups is 1. The molecule has 1 fully saturated rings. The van der Waals surface area contributed by atoms with Crippen LogP contribution in [0.2, 0.25) is 0 Å². The van der Waals surface area contributed by atoms with Crippen LogP contribution >= 0.6 is 0 Å². The van der Waals surface area contributed by atoms with Crippen LogP contribution in [0, 0.1) is 0 Å². The summed E-state index contributed by atoms with van der Waals surface area (Å²) in [6.45, 7) is 3.64. The van der Waals surface area contributed by atoms with Crippen molar-refractivity contribution in [2.75, 3.05) is 13.2 Å². The average Bonchev–Trinajstić information content (AvgIpc) is 3.39. The van der Waals surface area contributed by atoms with Crippen LogP contribution in [0.25, 0.3) is 0 Å². The van der Waals surface area contributed by atoms with E-state index in [-0.39, 0.29) is 12.5 Å². The van der Waals surface area contributed by atoms with E-state index in [0.717, 1.165) is 89.9 Å². The molecule has 0 aromatic heterocycles. The second-order valence-corrected chi connectivity index (χ2v) is 20.0. The molecule has 9 heteroatoms. The quantitative estimate of drug-likeness (QED) is 0.0261. The van der Waals surface area contributed by atoms with Gasteiger partial charge in [-0.15, -0.1) is 0 Å². The van der Waals surface area contributed by atoms with Gasteiger partial charge in [0.2, 0.25) is 5.91 Å². The molecule has 1 heterocycles. The van der Waals surface area contributed by atoms with Crippen molar-refractivity contribution in [2.45, 2.75) is 275 Å². The smallest absolute Gasteiger partial charge is 0.220 e. The highest BCUT2D eigenvalue weighted by Crippen LogP contribution is 2.23. The molecule has 0 saturated carbocycles. The Hall–Kier alpha value is -3.15. The van der Waals surface area contributed by atoms with Crippen molar-refractivity contribution >= 4 is 5.91 Å². The Morgan fingerprint density at radius 2 is 0.863 bits per heavy atom. The molecule has 7 atom stereocenters. The second-order valence-electron chi connectivity index (χ2n) is 20.0. The summed E-state index contributed by atoms with van der Waals surface area (Å²) in [4.78, 5) is 13.1. The van der Waals surface area contributed by atoms with Crippen LogP contribution < -0.4 is 5.32 Å². The first kappa shape index (κ1) is 67.9. The first-order chi connectivity index (χ1) is 35.8. The molecule has 7 unspecified atom stereocenters. The first-order valence-corrected chi connectivity index (χ1v) is 29.6. The van der Waals surface area contributed by atoms with Crippen LogP contribution in [-0.2, 0) is 14.3 Å². The van der Waals surface area contributed by atoms with Gasteiger partial charge in [0.05, 0.1) is 25.4 Å². The lowest BCUT2D eigenvalue weighted by Gasteiger charge is -2.40. The molecule has 6 N–H and O–H groups in total. The molecule has 1 rings (SSSR count). The Morgan fingerprint density at radius 1 is 0.479 bits per heavy atom. The third-order valence-corrected chi connectivity index (χ3v) is 13.3. The third kappa shape index (κ3) is 41.7. The van der Waals surface area contributed by atoms with Crippen LogP contribution in [0.4, 0.5) is 0 Å². The predicted octanol–water partition coefficient (Wildman–Crippen LogP) is 15.0. The predicted molar refractivity (Wildman–Crippen MR) is 308 cm³/mol.